The van der Waals surface area contributed by atoms with Crippen LogP contribution in [0.3, 0.4) is 0 Å². The van der Waals surface area contributed by atoms with Crippen molar-refractivity contribution in [2.45, 2.75) is 105 Å². The Hall–Kier alpha value is -1.43. The second-order valence-corrected chi connectivity index (χ2v) is 14.8. The van der Waals surface area contributed by atoms with Crippen molar-refractivity contribution < 1.29 is 66.1 Å². The average molecular weight is 922 g/mol. The second-order valence-electron chi connectivity index (χ2n) is 14.8. The topological polar surface area (TPSA) is 276 Å². The summed E-state index contributed by atoms with van der Waals surface area (Å²) in [7, 11) is 1.85. The molecule has 0 aromatic carbocycles. The smallest absolute Gasteiger partial charge is 0.330 e. The Morgan fingerprint density at radius 3 is 0.825 bits per heavy atom. The molecule has 18 nitrogen and oxygen atoms in total. The number of hydrogen-bond donors (Lipinski definition) is 12. The van der Waals surface area contributed by atoms with Gasteiger partial charge < -0.3 is 66.2 Å². The number of carboxylic acids is 1. The summed E-state index contributed by atoms with van der Waals surface area (Å²) in [6.07, 6.45) is 15.8. The summed E-state index contributed by atoms with van der Waals surface area (Å²) < 4.78 is 0. The molecule has 386 valence electrons. The van der Waals surface area contributed by atoms with Crippen LogP contribution in [0.25, 0.3) is 0 Å². The van der Waals surface area contributed by atoms with Gasteiger partial charge in [0.25, 0.3) is 0 Å². The summed E-state index contributed by atoms with van der Waals surface area (Å²) in [5, 5.41) is 102. The monoisotopic (exact) mass is 922 g/mol. The number of rotatable bonds is 38. The van der Waals surface area contributed by atoms with Gasteiger partial charge in [-0.25, -0.2) is 4.79 Å². The minimum Gasteiger partial charge on any atom is -0.478 e. The van der Waals surface area contributed by atoms with Gasteiger partial charge in [-0.05, 0) is 46.4 Å². The second kappa shape index (κ2) is 67.2. The molecule has 0 saturated carbocycles. The summed E-state index contributed by atoms with van der Waals surface area (Å²) in [5.41, 5.74) is 0.176. The standard InChI is InChI=1S/C16H35NO2.C8H19NO2.C6H15NO3.C6H15NO2.C5H13NO2.C4H6O2/c1-2-3-4-5-6-7-8-9-10-11-12-17(13-15-18)14-16-19;1-2-3-4-9(5-7-10)6-8-11;8-4-1-7(2-5-9)3-6-10;1-2-7(3-5-8)4-6-9;1-6(2-4-7)3-5-8;1-3(2)4(5)6/h18-19H,2-16H2,1H3;10-11H,2-8H2,1H3;8-10H,1-6H2;8-9H,2-6H2,1H3;7-8H,2-5H2,1H3;1H2,2H3,(H,5,6). The van der Waals surface area contributed by atoms with Crippen LogP contribution < -0.4 is 0 Å². The molecule has 18 heteroatoms. The van der Waals surface area contributed by atoms with E-state index < -0.39 is 5.97 Å². The Balaban J connectivity index is -0.000000162. The van der Waals surface area contributed by atoms with Crippen LogP contribution in [0.2, 0.25) is 0 Å². The quantitative estimate of drug-likeness (QED) is 0.0295. The molecule has 0 aliphatic carbocycles. The number of carboxylic acid groups (broad SMARTS) is 1. The molecule has 0 aromatic rings. The largest absolute Gasteiger partial charge is 0.478 e. The van der Waals surface area contributed by atoms with Gasteiger partial charge in [-0.3, -0.25) is 19.6 Å². The fourth-order valence-corrected chi connectivity index (χ4v) is 5.36. The number of aliphatic hydroxyl groups is 11. The third-order valence-corrected chi connectivity index (χ3v) is 9.18. The van der Waals surface area contributed by atoms with Crippen LogP contribution in [-0.2, 0) is 4.79 Å². The SMILES string of the molecule is C=C(C)C(=O)O.CCCCCCCCCCCCN(CCO)CCO.CCCCN(CCO)CCO.CCN(CCO)CCO.CN(CCO)CCO.OCCN(CCO)CCO. The zero-order chi connectivity index (χ0) is 49.2. The van der Waals surface area contributed by atoms with E-state index in [-0.39, 0.29) is 78.2 Å². The average Bonchev–Trinajstić information content (AvgIpc) is 3.25. The Kier molecular flexibility index (Phi) is 78.0. The van der Waals surface area contributed by atoms with Gasteiger partial charge in [0.15, 0.2) is 0 Å². The van der Waals surface area contributed by atoms with Gasteiger partial charge in [-0.15, -0.1) is 0 Å². The zero-order valence-corrected chi connectivity index (χ0v) is 40.9. The molecule has 0 aromatic heterocycles. The Labute approximate surface area is 384 Å². The number of carbonyl (C=O) groups is 1. The molecule has 0 unspecified atom stereocenters. The predicted octanol–water partition coefficient (Wildman–Crippen LogP) is 0.375. The highest BCUT2D eigenvalue weighted by Gasteiger charge is 2.04. The fourth-order valence-electron chi connectivity index (χ4n) is 5.36. The van der Waals surface area contributed by atoms with Crippen LogP contribution in [0.5, 0.6) is 0 Å². The van der Waals surface area contributed by atoms with E-state index in [0.29, 0.717) is 72.0 Å². The highest BCUT2D eigenvalue weighted by atomic mass is 16.4. The lowest BCUT2D eigenvalue weighted by Gasteiger charge is -2.19. The lowest BCUT2D eigenvalue weighted by Crippen LogP contribution is -2.32. The fraction of sp³-hybridized carbons (Fsp3) is 0.933. The van der Waals surface area contributed by atoms with Gasteiger partial charge >= 0.3 is 5.97 Å². The molecule has 12 N–H and O–H groups in total. The van der Waals surface area contributed by atoms with Crippen LogP contribution >= 0.6 is 0 Å². The molecular weight excluding hydrogens is 819 g/mol. The molecule has 0 aliphatic heterocycles. The molecule has 0 bridgehead atoms. The van der Waals surface area contributed by atoms with E-state index in [2.05, 4.69) is 30.2 Å². The van der Waals surface area contributed by atoms with E-state index in [9.17, 15) is 4.79 Å². The van der Waals surface area contributed by atoms with Crippen molar-refractivity contribution in [3.8, 4) is 0 Å². The zero-order valence-electron chi connectivity index (χ0n) is 40.9. The summed E-state index contributed by atoms with van der Waals surface area (Å²) in [4.78, 5) is 19.5. The minimum atomic E-state index is -0.935. The Morgan fingerprint density at radius 1 is 0.365 bits per heavy atom. The van der Waals surface area contributed by atoms with Crippen LogP contribution in [0.4, 0.5) is 0 Å². The first-order valence-electron chi connectivity index (χ1n) is 23.5. The van der Waals surface area contributed by atoms with Crippen molar-refractivity contribution in [2.24, 2.45) is 0 Å². The van der Waals surface area contributed by atoms with Crippen LogP contribution in [0.15, 0.2) is 12.2 Å². The normalized spacial score (nSPS) is 10.6. The van der Waals surface area contributed by atoms with Gasteiger partial charge in [0.2, 0.25) is 0 Å². The van der Waals surface area contributed by atoms with Crippen LogP contribution in [0.1, 0.15) is 105 Å². The van der Waals surface area contributed by atoms with Crippen molar-refractivity contribution in [3.05, 3.63) is 12.2 Å². The van der Waals surface area contributed by atoms with Gasteiger partial charge in [0, 0.05) is 77.6 Å². The van der Waals surface area contributed by atoms with Crippen molar-refractivity contribution in [3.63, 3.8) is 0 Å². The van der Waals surface area contributed by atoms with E-state index in [0.717, 1.165) is 32.5 Å². The number of aliphatic hydroxyl groups excluding tert-OH is 11. The lowest BCUT2D eigenvalue weighted by atomic mass is 10.1. The molecule has 0 radical (unpaired) electrons. The number of aliphatic carboxylic acids is 1. The molecule has 0 rings (SSSR count). The van der Waals surface area contributed by atoms with E-state index >= 15 is 0 Å². The van der Waals surface area contributed by atoms with Gasteiger partial charge in [0.1, 0.15) is 0 Å². The van der Waals surface area contributed by atoms with E-state index in [1.54, 1.807) is 4.90 Å². The van der Waals surface area contributed by atoms with Gasteiger partial charge in [-0.2, -0.15) is 0 Å². The van der Waals surface area contributed by atoms with Crippen LogP contribution in [-0.4, -0.2) is 263 Å². The molecular formula is C45H103N5O13. The maximum absolute atomic E-state index is 9.60. The van der Waals surface area contributed by atoms with Crippen molar-refractivity contribution >= 4 is 5.97 Å². The third-order valence-electron chi connectivity index (χ3n) is 9.18. The van der Waals surface area contributed by atoms with Crippen molar-refractivity contribution in [1.29, 1.82) is 0 Å². The summed E-state index contributed by atoms with van der Waals surface area (Å²) in [5.74, 6) is -0.935. The number of nitrogens with zero attached hydrogens (tertiary/aromatic N) is 5. The highest BCUT2D eigenvalue weighted by molar-refractivity contribution is 5.84. The summed E-state index contributed by atoms with van der Waals surface area (Å²) in [6.45, 7) is 22.4. The first kappa shape index (κ1) is 73.1. The molecule has 0 aliphatic rings. The van der Waals surface area contributed by atoms with Crippen LogP contribution in [0, 0.1) is 0 Å². The number of hydrogen-bond acceptors (Lipinski definition) is 17. The molecule has 0 heterocycles. The minimum absolute atomic E-state index is 0.0694. The number of unbranched alkanes of at least 4 members (excludes halogenated alkanes) is 10. The van der Waals surface area contributed by atoms with Gasteiger partial charge in [0.05, 0.1) is 72.7 Å². The maximum atomic E-state index is 9.60. The first-order chi connectivity index (χ1) is 30.3. The van der Waals surface area contributed by atoms with E-state index in [4.69, 9.17) is 61.3 Å². The molecule has 63 heavy (non-hydrogen) atoms. The molecule has 0 atom stereocenters. The lowest BCUT2D eigenvalue weighted by molar-refractivity contribution is -0.132. The van der Waals surface area contributed by atoms with Crippen molar-refractivity contribution in [1.82, 2.24) is 24.5 Å². The maximum Gasteiger partial charge on any atom is 0.330 e. The highest BCUT2D eigenvalue weighted by Crippen LogP contribution is 2.10. The Morgan fingerprint density at radius 2 is 0.587 bits per heavy atom. The predicted molar refractivity (Wildman–Crippen MR) is 256 cm³/mol. The number of likely N-dealkylation sites (N-methyl/N-ethyl adjacent to an activating group) is 2. The molecule has 0 fully saturated rings. The van der Waals surface area contributed by atoms with Gasteiger partial charge in [-0.1, -0.05) is 91.6 Å². The van der Waals surface area contributed by atoms with E-state index in [1.807, 2.05) is 23.8 Å². The molecule has 0 amide bonds. The summed E-state index contributed by atoms with van der Waals surface area (Å²) in [6, 6.07) is 0. The summed E-state index contributed by atoms with van der Waals surface area (Å²) >= 11 is 0. The Bertz CT molecular complexity index is 779. The van der Waals surface area contributed by atoms with E-state index in [1.165, 1.54) is 71.1 Å². The van der Waals surface area contributed by atoms with Crippen molar-refractivity contribution in [2.75, 3.05) is 171 Å². The third kappa shape index (κ3) is 72.4. The first-order valence-corrected chi connectivity index (χ1v) is 23.5. The molecule has 0 spiro atoms. The molecule has 0 saturated heterocycles.